The summed E-state index contributed by atoms with van der Waals surface area (Å²) in [5.74, 6) is 1.66. The predicted molar refractivity (Wildman–Crippen MR) is 108 cm³/mol. The topological polar surface area (TPSA) is 69.2 Å². The van der Waals surface area contributed by atoms with Crippen LogP contribution in [0.3, 0.4) is 0 Å². The molecule has 2 aliphatic rings. The standard InChI is InChI=1S/C22H25N3O2/c1-15-21(23)25-22(24-15,17-10-12-27-13-11-17)18-7-5-6-16(14-18)19-8-3-4-9-20(19)26-2/h3-9,14,17H,10-13H2,1-2H3,(H2,23,25). The molecule has 0 amide bonds. The van der Waals surface area contributed by atoms with Gasteiger partial charge < -0.3 is 15.2 Å². The minimum absolute atomic E-state index is 0.273. The third-order valence-corrected chi connectivity index (χ3v) is 5.50. The number of rotatable bonds is 4. The number of ether oxygens (including phenoxy) is 2. The van der Waals surface area contributed by atoms with E-state index in [1.165, 1.54) is 0 Å². The average Bonchev–Trinajstić information content (AvgIpc) is 3.04. The first-order valence-corrected chi connectivity index (χ1v) is 9.38. The Morgan fingerprint density at radius 2 is 1.85 bits per heavy atom. The van der Waals surface area contributed by atoms with Crippen LogP contribution in [0.1, 0.15) is 25.3 Å². The van der Waals surface area contributed by atoms with Crippen LogP contribution in [0.2, 0.25) is 0 Å². The van der Waals surface area contributed by atoms with Gasteiger partial charge >= 0.3 is 0 Å². The van der Waals surface area contributed by atoms with E-state index in [1.54, 1.807) is 7.11 Å². The van der Waals surface area contributed by atoms with E-state index in [0.29, 0.717) is 5.84 Å². The quantitative estimate of drug-likeness (QED) is 0.899. The van der Waals surface area contributed by atoms with Gasteiger partial charge in [-0.05, 0) is 37.5 Å². The summed E-state index contributed by atoms with van der Waals surface area (Å²) in [5, 5.41) is 0. The highest BCUT2D eigenvalue weighted by Crippen LogP contribution is 2.44. The number of amidine groups is 1. The van der Waals surface area contributed by atoms with Gasteiger partial charge in [0.15, 0.2) is 5.66 Å². The minimum atomic E-state index is -0.657. The summed E-state index contributed by atoms with van der Waals surface area (Å²) < 4.78 is 11.1. The lowest BCUT2D eigenvalue weighted by atomic mass is 9.81. The minimum Gasteiger partial charge on any atom is -0.496 e. The number of benzene rings is 2. The van der Waals surface area contributed by atoms with Gasteiger partial charge in [0.2, 0.25) is 0 Å². The molecule has 5 heteroatoms. The van der Waals surface area contributed by atoms with E-state index in [0.717, 1.165) is 54.2 Å². The van der Waals surface area contributed by atoms with E-state index in [-0.39, 0.29) is 5.92 Å². The van der Waals surface area contributed by atoms with Crippen LogP contribution in [0.4, 0.5) is 0 Å². The Hall–Kier alpha value is -2.66. The Morgan fingerprint density at radius 1 is 1.07 bits per heavy atom. The second kappa shape index (κ2) is 7.16. The maximum absolute atomic E-state index is 6.16. The van der Waals surface area contributed by atoms with Gasteiger partial charge in [-0.2, -0.15) is 0 Å². The molecule has 2 N–H and O–H groups in total. The van der Waals surface area contributed by atoms with Crippen LogP contribution >= 0.6 is 0 Å². The molecule has 0 radical (unpaired) electrons. The molecule has 4 rings (SSSR count). The summed E-state index contributed by atoms with van der Waals surface area (Å²) >= 11 is 0. The number of methoxy groups -OCH3 is 1. The van der Waals surface area contributed by atoms with Gasteiger partial charge in [-0.15, -0.1) is 0 Å². The molecule has 27 heavy (non-hydrogen) atoms. The van der Waals surface area contributed by atoms with Gasteiger partial charge in [0.05, 0.1) is 12.8 Å². The van der Waals surface area contributed by atoms with Crippen LogP contribution in [0, 0.1) is 5.92 Å². The van der Waals surface area contributed by atoms with Crippen LogP contribution in [0.5, 0.6) is 5.75 Å². The van der Waals surface area contributed by atoms with Crippen molar-refractivity contribution in [2.75, 3.05) is 20.3 Å². The normalized spacial score (nSPS) is 23.0. The van der Waals surface area contributed by atoms with Crippen molar-refractivity contribution in [1.29, 1.82) is 0 Å². The number of nitrogens with zero attached hydrogens (tertiary/aromatic N) is 2. The van der Waals surface area contributed by atoms with E-state index in [1.807, 2.05) is 25.1 Å². The molecule has 1 fully saturated rings. The summed E-state index contributed by atoms with van der Waals surface area (Å²) in [6.45, 7) is 3.41. The summed E-state index contributed by atoms with van der Waals surface area (Å²) in [6.07, 6.45) is 1.85. The van der Waals surface area contributed by atoms with Gasteiger partial charge in [0.25, 0.3) is 0 Å². The van der Waals surface area contributed by atoms with Crippen molar-refractivity contribution >= 4 is 11.5 Å². The molecule has 0 aliphatic carbocycles. The smallest absolute Gasteiger partial charge is 0.181 e. The number of aliphatic imine (C=N–C) groups is 2. The fourth-order valence-corrected chi connectivity index (χ4v) is 4.05. The molecule has 2 aromatic rings. The maximum Gasteiger partial charge on any atom is 0.181 e. The highest BCUT2D eigenvalue weighted by Gasteiger charge is 2.44. The van der Waals surface area contributed by atoms with E-state index >= 15 is 0 Å². The number of hydrogen-bond donors (Lipinski definition) is 1. The second-order valence-corrected chi connectivity index (χ2v) is 7.09. The van der Waals surface area contributed by atoms with Crippen molar-refractivity contribution < 1.29 is 9.47 Å². The first-order chi connectivity index (χ1) is 13.1. The number of nitrogens with two attached hydrogens (primary N) is 1. The summed E-state index contributed by atoms with van der Waals surface area (Å²) in [6, 6.07) is 16.5. The molecular weight excluding hydrogens is 338 g/mol. The predicted octanol–water partition coefficient (Wildman–Crippen LogP) is 3.77. The van der Waals surface area contributed by atoms with Gasteiger partial charge in [0.1, 0.15) is 11.6 Å². The Balaban J connectivity index is 1.83. The van der Waals surface area contributed by atoms with E-state index in [4.69, 9.17) is 25.2 Å². The highest BCUT2D eigenvalue weighted by molar-refractivity contribution is 6.41. The van der Waals surface area contributed by atoms with Crippen LogP contribution < -0.4 is 10.5 Å². The molecule has 2 aliphatic heterocycles. The first-order valence-electron chi connectivity index (χ1n) is 9.38. The maximum atomic E-state index is 6.16. The van der Waals surface area contributed by atoms with E-state index in [9.17, 15) is 0 Å². The van der Waals surface area contributed by atoms with Gasteiger partial charge in [-0.25, -0.2) is 4.99 Å². The summed E-state index contributed by atoms with van der Waals surface area (Å²) in [5.41, 5.74) is 9.52. The molecule has 1 saturated heterocycles. The molecule has 1 atom stereocenters. The molecule has 0 spiro atoms. The zero-order valence-corrected chi connectivity index (χ0v) is 15.8. The third-order valence-electron chi connectivity index (χ3n) is 5.50. The van der Waals surface area contributed by atoms with Crippen molar-refractivity contribution in [2.45, 2.75) is 25.4 Å². The van der Waals surface area contributed by atoms with Crippen molar-refractivity contribution in [1.82, 2.24) is 0 Å². The van der Waals surface area contributed by atoms with E-state index < -0.39 is 5.66 Å². The Morgan fingerprint density at radius 3 is 2.56 bits per heavy atom. The summed E-state index contributed by atoms with van der Waals surface area (Å²) in [7, 11) is 1.70. The molecule has 1 unspecified atom stereocenters. The van der Waals surface area contributed by atoms with Crippen LogP contribution in [-0.2, 0) is 10.4 Å². The Labute approximate surface area is 159 Å². The van der Waals surface area contributed by atoms with E-state index in [2.05, 4.69) is 30.3 Å². The second-order valence-electron chi connectivity index (χ2n) is 7.09. The largest absolute Gasteiger partial charge is 0.496 e. The first kappa shape index (κ1) is 17.7. The SMILES string of the molecule is COc1ccccc1-c1cccc(C2(C3CCOCC3)N=C(C)C(N)=N2)c1. The van der Waals surface area contributed by atoms with Gasteiger partial charge in [-0.3, -0.25) is 4.99 Å². The monoisotopic (exact) mass is 363 g/mol. The van der Waals surface area contributed by atoms with Crippen molar-refractivity contribution in [2.24, 2.45) is 21.6 Å². The molecular formula is C22H25N3O2. The third kappa shape index (κ3) is 3.12. The zero-order chi connectivity index (χ0) is 18.9. The number of para-hydroxylation sites is 1. The van der Waals surface area contributed by atoms with Crippen LogP contribution in [0.15, 0.2) is 58.5 Å². The highest BCUT2D eigenvalue weighted by atomic mass is 16.5. The molecule has 2 heterocycles. The number of hydrogen-bond acceptors (Lipinski definition) is 5. The lowest BCUT2D eigenvalue weighted by Crippen LogP contribution is -2.35. The molecule has 0 saturated carbocycles. The Bertz CT molecular complexity index is 880. The molecule has 0 bridgehead atoms. The van der Waals surface area contributed by atoms with Gasteiger partial charge in [-0.1, -0.05) is 36.4 Å². The molecule has 2 aromatic carbocycles. The van der Waals surface area contributed by atoms with Crippen LogP contribution in [0.25, 0.3) is 11.1 Å². The lowest BCUT2D eigenvalue weighted by molar-refractivity contribution is 0.0403. The van der Waals surface area contributed by atoms with Crippen molar-refractivity contribution in [3.8, 4) is 16.9 Å². The molecule has 0 aromatic heterocycles. The molecule has 140 valence electrons. The van der Waals surface area contributed by atoms with Crippen molar-refractivity contribution in [3.63, 3.8) is 0 Å². The lowest BCUT2D eigenvalue weighted by Gasteiger charge is -2.35. The fraction of sp³-hybridized carbons (Fsp3) is 0.364. The Kier molecular flexibility index (Phi) is 4.70. The molecule has 5 nitrogen and oxygen atoms in total. The average molecular weight is 363 g/mol. The van der Waals surface area contributed by atoms with Crippen molar-refractivity contribution in [3.05, 3.63) is 54.1 Å². The van der Waals surface area contributed by atoms with Gasteiger partial charge in [0, 0.05) is 30.3 Å². The van der Waals surface area contributed by atoms with Crippen LogP contribution in [-0.4, -0.2) is 31.9 Å². The fourth-order valence-electron chi connectivity index (χ4n) is 4.05. The zero-order valence-electron chi connectivity index (χ0n) is 15.8. The summed E-state index contributed by atoms with van der Waals surface area (Å²) in [4.78, 5) is 9.85.